The van der Waals surface area contributed by atoms with Crippen molar-refractivity contribution in [2.75, 3.05) is 18.4 Å². The molecule has 1 saturated heterocycles. The molecule has 0 spiro atoms. The van der Waals surface area contributed by atoms with Gasteiger partial charge in [0.25, 0.3) is 0 Å². The number of amides is 1. The molecule has 1 aliphatic heterocycles. The first-order valence-corrected chi connectivity index (χ1v) is 12.8. The highest BCUT2D eigenvalue weighted by Gasteiger charge is 2.25. The molecule has 4 heterocycles. The van der Waals surface area contributed by atoms with Crippen LogP contribution in [0, 0.1) is 19.8 Å². The van der Waals surface area contributed by atoms with Gasteiger partial charge in [-0.15, -0.1) is 0 Å². The van der Waals surface area contributed by atoms with Crippen molar-refractivity contribution in [1.29, 1.82) is 0 Å². The van der Waals surface area contributed by atoms with Gasteiger partial charge in [0.15, 0.2) is 5.82 Å². The molecular formula is C27H34N8O. The highest BCUT2D eigenvalue weighted by atomic mass is 16.2. The van der Waals surface area contributed by atoms with Crippen LogP contribution in [0.2, 0.25) is 0 Å². The molecular weight excluding hydrogens is 452 g/mol. The normalized spacial score (nSPS) is 16.0. The van der Waals surface area contributed by atoms with Crippen LogP contribution in [0.5, 0.6) is 0 Å². The van der Waals surface area contributed by atoms with Gasteiger partial charge in [-0.25, -0.2) is 15.0 Å². The van der Waals surface area contributed by atoms with Crippen molar-refractivity contribution in [3.8, 4) is 0 Å². The number of para-hydroxylation sites is 2. The topological polar surface area (TPSA) is 105 Å². The maximum atomic E-state index is 13.4. The summed E-state index contributed by atoms with van der Waals surface area (Å²) in [5.41, 5.74) is 3.97. The lowest BCUT2D eigenvalue weighted by Gasteiger charge is -2.33. The molecule has 4 aromatic rings. The van der Waals surface area contributed by atoms with Gasteiger partial charge in [0, 0.05) is 43.0 Å². The van der Waals surface area contributed by atoms with Gasteiger partial charge in [-0.2, -0.15) is 5.10 Å². The minimum Gasteiger partial charge on any atom is -0.341 e. The van der Waals surface area contributed by atoms with E-state index in [1.165, 1.54) is 0 Å². The first-order valence-electron chi connectivity index (χ1n) is 12.8. The number of fused-ring (bicyclic) bond motifs is 1. The van der Waals surface area contributed by atoms with Crippen LogP contribution in [0.15, 0.2) is 36.4 Å². The first kappa shape index (κ1) is 24.0. The summed E-state index contributed by atoms with van der Waals surface area (Å²) in [7, 11) is 0. The number of hydrogen-bond donors (Lipinski definition) is 2. The van der Waals surface area contributed by atoms with E-state index in [1.807, 2.05) is 49.1 Å². The van der Waals surface area contributed by atoms with Crippen molar-refractivity contribution < 1.29 is 4.79 Å². The number of aryl methyl sites for hydroxylation is 3. The van der Waals surface area contributed by atoms with Crippen LogP contribution in [0.25, 0.3) is 11.0 Å². The van der Waals surface area contributed by atoms with Crippen molar-refractivity contribution >= 4 is 28.6 Å². The number of benzene rings is 1. The van der Waals surface area contributed by atoms with Gasteiger partial charge in [0.05, 0.1) is 11.0 Å². The van der Waals surface area contributed by atoms with Gasteiger partial charge in [-0.1, -0.05) is 19.1 Å². The Hall–Kier alpha value is -3.75. The van der Waals surface area contributed by atoms with Gasteiger partial charge >= 0.3 is 0 Å². The van der Waals surface area contributed by atoms with Gasteiger partial charge in [-0.05, 0) is 57.6 Å². The lowest BCUT2D eigenvalue weighted by molar-refractivity contribution is -0.133. The van der Waals surface area contributed by atoms with Crippen LogP contribution in [-0.2, 0) is 24.2 Å². The summed E-state index contributed by atoms with van der Waals surface area (Å²) in [5.74, 6) is 3.72. The number of H-pyrrole nitrogens is 1. The Morgan fingerprint density at radius 1 is 1.14 bits per heavy atom. The molecule has 0 saturated carbocycles. The van der Waals surface area contributed by atoms with Crippen LogP contribution in [0.3, 0.4) is 0 Å². The number of anilines is 2. The number of likely N-dealkylation sites (tertiary alicyclic amines) is 1. The first-order chi connectivity index (χ1) is 17.5. The Balaban J connectivity index is 1.26. The fourth-order valence-corrected chi connectivity index (χ4v) is 5.12. The Morgan fingerprint density at radius 3 is 2.81 bits per heavy atom. The number of rotatable bonds is 8. The monoisotopic (exact) mass is 486 g/mol. The summed E-state index contributed by atoms with van der Waals surface area (Å²) < 4.78 is 2.10. The van der Waals surface area contributed by atoms with E-state index in [0.717, 1.165) is 90.9 Å². The lowest BCUT2D eigenvalue weighted by Crippen LogP contribution is -2.42. The van der Waals surface area contributed by atoms with E-state index in [2.05, 4.69) is 43.0 Å². The van der Waals surface area contributed by atoms with Crippen LogP contribution in [-0.4, -0.2) is 53.6 Å². The van der Waals surface area contributed by atoms with Crippen molar-refractivity contribution in [2.24, 2.45) is 5.92 Å². The number of carbonyl (C=O) groups is 1. The van der Waals surface area contributed by atoms with E-state index in [4.69, 9.17) is 4.98 Å². The molecule has 2 N–H and O–H groups in total. The van der Waals surface area contributed by atoms with Gasteiger partial charge in [0.1, 0.15) is 24.0 Å². The average Bonchev–Trinajstić information content (AvgIpc) is 3.42. The molecule has 1 fully saturated rings. The Labute approximate surface area is 211 Å². The van der Waals surface area contributed by atoms with E-state index in [-0.39, 0.29) is 5.91 Å². The van der Waals surface area contributed by atoms with E-state index in [1.54, 1.807) is 0 Å². The molecule has 1 aromatic carbocycles. The number of imidazole rings is 1. The standard InChI is InChI=1S/C27H34N8O/c1-4-8-26-30-22-10-5-6-11-23(22)35(26)17-27(36)34-12-7-9-20(16-34)14-21-15-24(29-19(3)28-21)31-25-13-18(2)32-33-25/h5-6,10-11,13,15,20H,4,7-9,12,14,16-17H2,1-3H3,(H2,28,29,31,32,33)/t20-/m1/s1. The van der Waals surface area contributed by atoms with E-state index >= 15 is 0 Å². The van der Waals surface area contributed by atoms with Gasteiger partial charge in [-0.3, -0.25) is 9.89 Å². The molecule has 0 bridgehead atoms. The van der Waals surface area contributed by atoms with Crippen LogP contribution in [0.4, 0.5) is 11.6 Å². The summed E-state index contributed by atoms with van der Waals surface area (Å²) in [5, 5.41) is 10.4. The maximum Gasteiger partial charge on any atom is 0.242 e. The Morgan fingerprint density at radius 2 is 2.00 bits per heavy atom. The zero-order valence-corrected chi connectivity index (χ0v) is 21.3. The number of nitrogens with zero attached hydrogens (tertiary/aromatic N) is 6. The van der Waals surface area contributed by atoms with Crippen molar-refractivity contribution in [3.63, 3.8) is 0 Å². The smallest absolute Gasteiger partial charge is 0.242 e. The third-order valence-corrected chi connectivity index (χ3v) is 6.72. The maximum absolute atomic E-state index is 13.4. The zero-order valence-electron chi connectivity index (χ0n) is 21.3. The second kappa shape index (κ2) is 10.5. The number of aromatic nitrogens is 6. The second-order valence-electron chi connectivity index (χ2n) is 9.76. The second-order valence-corrected chi connectivity index (χ2v) is 9.76. The van der Waals surface area contributed by atoms with Crippen molar-refractivity contribution in [2.45, 2.75) is 59.4 Å². The van der Waals surface area contributed by atoms with Crippen LogP contribution < -0.4 is 5.32 Å². The van der Waals surface area contributed by atoms with Gasteiger partial charge in [0.2, 0.25) is 5.91 Å². The number of hydrogen-bond acceptors (Lipinski definition) is 6. The molecule has 188 valence electrons. The Kier molecular flexibility index (Phi) is 6.97. The highest BCUT2D eigenvalue weighted by Crippen LogP contribution is 2.24. The van der Waals surface area contributed by atoms with Crippen molar-refractivity contribution in [3.05, 3.63) is 59.4 Å². The van der Waals surface area contributed by atoms with E-state index in [0.29, 0.717) is 12.5 Å². The SMILES string of the molecule is CCCc1nc2ccccc2n1CC(=O)N1CCC[C@H](Cc2cc(Nc3cc(C)[nH]n3)nc(C)n2)C1. The molecule has 5 rings (SSSR count). The fraction of sp³-hybridized carbons (Fsp3) is 0.444. The highest BCUT2D eigenvalue weighted by molar-refractivity contribution is 5.81. The average molecular weight is 487 g/mol. The van der Waals surface area contributed by atoms with Crippen LogP contribution in [0.1, 0.15) is 49.2 Å². The number of carbonyl (C=O) groups excluding carboxylic acids is 1. The van der Waals surface area contributed by atoms with E-state index in [9.17, 15) is 4.79 Å². The summed E-state index contributed by atoms with van der Waals surface area (Å²) in [6.45, 7) is 7.91. The molecule has 0 unspecified atom stereocenters. The number of piperidine rings is 1. The molecule has 0 aliphatic carbocycles. The zero-order chi connectivity index (χ0) is 25.1. The van der Waals surface area contributed by atoms with Gasteiger partial charge < -0.3 is 14.8 Å². The lowest BCUT2D eigenvalue weighted by atomic mass is 9.93. The third kappa shape index (κ3) is 5.40. The molecule has 1 amide bonds. The summed E-state index contributed by atoms with van der Waals surface area (Å²) in [6, 6.07) is 12.0. The summed E-state index contributed by atoms with van der Waals surface area (Å²) in [6.07, 6.45) is 4.77. The molecule has 0 radical (unpaired) electrons. The largest absolute Gasteiger partial charge is 0.341 e. The summed E-state index contributed by atoms with van der Waals surface area (Å²) >= 11 is 0. The molecule has 1 atom stereocenters. The van der Waals surface area contributed by atoms with E-state index < -0.39 is 0 Å². The predicted molar refractivity (Wildman–Crippen MR) is 140 cm³/mol. The molecule has 1 aliphatic rings. The number of aromatic amines is 1. The van der Waals surface area contributed by atoms with Crippen molar-refractivity contribution in [1.82, 2.24) is 34.6 Å². The Bertz CT molecular complexity index is 1360. The minimum absolute atomic E-state index is 0.162. The molecule has 9 nitrogen and oxygen atoms in total. The van der Waals surface area contributed by atoms with Crippen LogP contribution >= 0.6 is 0 Å². The summed E-state index contributed by atoms with van der Waals surface area (Å²) in [4.78, 5) is 29.4. The fourth-order valence-electron chi connectivity index (χ4n) is 5.12. The molecule has 3 aromatic heterocycles. The minimum atomic E-state index is 0.162. The molecule has 36 heavy (non-hydrogen) atoms. The third-order valence-electron chi connectivity index (χ3n) is 6.72. The number of nitrogens with one attached hydrogen (secondary N) is 2. The quantitative estimate of drug-likeness (QED) is 0.384. The molecule has 9 heteroatoms. The predicted octanol–water partition coefficient (Wildman–Crippen LogP) is 4.34.